The van der Waals surface area contributed by atoms with Crippen molar-refractivity contribution in [3.63, 3.8) is 0 Å². The van der Waals surface area contributed by atoms with Crippen molar-refractivity contribution in [2.24, 2.45) is 11.5 Å². The summed E-state index contributed by atoms with van der Waals surface area (Å²) in [5, 5.41) is 0. The van der Waals surface area contributed by atoms with Crippen molar-refractivity contribution in [2.75, 3.05) is 5.73 Å². The van der Waals surface area contributed by atoms with Crippen LogP contribution in [0.4, 0.5) is 5.69 Å². The van der Waals surface area contributed by atoms with Gasteiger partial charge >= 0.3 is 0 Å². The maximum atomic E-state index is 5.64. The Hall–Kier alpha value is -1.98. The third-order valence-corrected chi connectivity index (χ3v) is 3.83. The van der Waals surface area contributed by atoms with E-state index in [0.717, 1.165) is 22.4 Å². The molecule has 2 rings (SSSR count). The summed E-state index contributed by atoms with van der Waals surface area (Å²) in [7, 11) is 0. The summed E-state index contributed by atoms with van der Waals surface area (Å²) in [6.07, 6.45) is 0. The number of hydrogen-bond donors (Lipinski definition) is 3. The highest BCUT2D eigenvalue weighted by atomic mass is 32.1. The predicted octanol–water partition coefficient (Wildman–Crippen LogP) is 3.15. The lowest BCUT2D eigenvalue weighted by atomic mass is 10.1. The first kappa shape index (κ1) is 18.1. The van der Waals surface area contributed by atoms with Crippen molar-refractivity contribution in [2.45, 2.75) is 20.8 Å². The maximum absolute atomic E-state index is 5.64. The molecule has 3 nitrogen and oxygen atoms in total. The van der Waals surface area contributed by atoms with Gasteiger partial charge in [0.15, 0.2) is 0 Å². The molecule has 2 aromatic carbocycles. The molecule has 0 aromatic heterocycles. The standard InChI is InChI=1S/C9H11NS.C8H10N2S/c1-6-3-4-8(9(10)11)5-7(6)2;1-5-2-3-6(8(10)11)4-7(5)9/h3-5H,1-2H3,(H2,10,11);2-4H,9H2,1H3,(H2,10,11). The van der Waals surface area contributed by atoms with E-state index in [9.17, 15) is 0 Å². The minimum Gasteiger partial charge on any atom is -0.398 e. The Balaban J connectivity index is 0.000000220. The van der Waals surface area contributed by atoms with Crippen molar-refractivity contribution in [1.29, 1.82) is 0 Å². The van der Waals surface area contributed by atoms with Crippen LogP contribution in [0.5, 0.6) is 0 Å². The minimum absolute atomic E-state index is 0.386. The van der Waals surface area contributed by atoms with Gasteiger partial charge in [-0.25, -0.2) is 0 Å². The van der Waals surface area contributed by atoms with Gasteiger partial charge in [-0.1, -0.05) is 48.7 Å². The summed E-state index contributed by atoms with van der Waals surface area (Å²) < 4.78 is 0. The Morgan fingerprint density at radius 3 is 1.59 bits per heavy atom. The third-order valence-electron chi connectivity index (χ3n) is 3.36. The zero-order valence-corrected chi connectivity index (χ0v) is 14.6. The molecule has 0 aliphatic rings. The molecule has 0 unspecified atom stereocenters. The van der Waals surface area contributed by atoms with Crippen LogP contribution < -0.4 is 17.2 Å². The molecule has 2 aromatic rings. The van der Waals surface area contributed by atoms with E-state index >= 15 is 0 Å². The Labute approximate surface area is 142 Å². The molecule has 0 aliphatic heterocycles. The molecule has 5 heteroatoms. The summed E-state index contributed by atoms with van der Waals surface area (Å²) >= 11 is 9.63. The molecule has 6 N–H and O–H groups in total. The Kier molecular flexibility index (Phi) is 6.46. The van der Waals surface area contributed by atoms with Gasteiger partial charge < -0.3 is 17.2 Å². The summed E-state index contributed by atoms with van der Waals surface area (Å²) in [4.78, 5) is 0.852. The summed E-state index contributed by atoms with van der Waals surface area (Å²) in [5.41, 5.74) is 22.6. The lowest BCUT2D eigenvalue weighted by Gasteiger charge is -2.02. The average Bonchev–Trinajstić information content (AvgIpc) is 2.45. The molecule has 0 aliphatic carbocycles. The van der Waals surface area contributed by atoms with Crippen molar-refractivity contribution in [3.05, 3.63) is 64.2 Å². The Morgan fingerprint density at radius 2 is 1.18 bits per heavy atom. The second-order valence-corrected chi connectivity index (χ2v) is 5.98. The number of rotatable bonds is 2. The third kappa shape index (κ3) is 5.09. The fraction of sp³-hybridized carbons (Fsp3) is 0.176. The number of benzene rings is 2. The van der Waals surface area contributed by atoms with Crippen molar-refractivity contribution < 1.29 is 0 Å². The second-order valence-electron chi connectivity index (χ2n) is 5.10. The predicted molar refractivity (Wildman–Crippen MR) is 103 cm³/mol. The zero-order chi connectivity index (χ0) is 16.9. The number of nitrogen functional groups attached to an aromatic ring is 1. The first-order valence-electron chi connectivity index (χ1n) is 6.75. The molecule has 0 amide bonds. The van der Waals surface area contributed by atoms with Gasteiger partial charge in [-0.2, -0.15) is 0 Å². The fourth-order valence-corrected chi connectivity index (χ4v) is 1.94. The van der Waals surface area contributed by atoms with E-state index in [1.165, 1.54) is 11.1 Å². The van der Waals surface area contributed by atoms with E-state index in [1.807, 2.05) is 37.3 Å². The quantitative estimate of drug-likeness (QED) is 0.582. The maximum Gasteiger partial charge on any atom is 0.104 e. The first-order valence-corrected chi connectivity index (χ1v) is 7.57. The molecule has 0 fully saturated rings. The van der Waals surface area contributed by atoms with E-state index in [1.54, 1.807) is 6.07 Å². The molecule has 0 saturated carbocycles. The number of aryl methyl sites for hydroxylation is 3. The van der Waals surface area contributed by atoms with Gasteiger partial charge in [0, 0.05) is 16.8 Å². The molecule has 0 heterocycles. The number of hydrogen-bond acceptors (Lipinski definition) is 3. The normalized spacial score (nSPS) is 9.59. The Morgan fingerprint density at radius 1 is 0.727 bits per heavy atom. The van der Waals surface area contributed by atoms with Crippen LogP contribution in [-0.4, -0.2) is 9.98 Å². The van der Waals surface area contributed by atoms with Gasteiger partial charge in [-0.05, 0) is 49.6 Å². The highest BCUT2D eigenvalue weighted by molar-refractivity contribution is 7.80. The summed E-state index contributed by atoms with van der Waals surface area (Å²) in [5.74, 6) is 0. The molecule has 0 radical (unpaired) electrons. The van der Waals surface area contributed by atoms with E-state index in [4.69, 9.17) is 41.6 Å². The topological polar surface area (TPSA) is 78.1 Å². The van der Waals surface area contributed by atoms with Crippen molar-refractivity contribution in [3.8, 4) is 0 Å². The van der Waals surface area contributed by atoms with E-state index in [-0.39, 0.29) is 0 Å². The molecule has 116 valence electrons. The highest BCUT2D eigenvalue weighted by Gasteiger charge is 1.98. The number of thiocarbonyl (C=S) groups is 2. The largest absolute Gasteiger partial charge is 0.398 e. The molecular weight excluding hydrogens is 310 g/mol. The molecule has 0 bridgehead atoms. The lowest BCUT2D eigenvalue weighted by Crippen LogP contribution is -2.09. The molecule has 0 atom stereocenters. The Bertz CT molecular complexity index is 648. The van der Waals surface area contributed by atoms with Crippen LogP contribution in [0.1, 0.15) is 27.8 Å². The van der Waals surface area contributed by atoms with Gasteiger partial charge in [0.05, 0.1) is 0 Å². The first-order chi connectivity index (χ1) is 10.2. The van der Waals surface area contributed by atoms with Gasteiger partial charge in [-0.3, -0.25) is 0 Å². The van der Waals surface area contributed by atoms with Crippen molar-refractivity contribution >= 4 is 40.1 Å². The summed E-state index contributed by atoms with van der Waals surface area (Å²) in [6.45, 7) is 6.06. The second kappa shape index (κ2) is 7.87. The van der Waals surface area contributed by atoms with E-state index < -0.39 is 0 Å². The minimum atomic E-state index is 0.386. The fourth-order valence-electron chi connectivity index (χ4n) is 1.69. The van der Waals surface area contributed by atoms with Gasteiger partial charge in [-0.15, -0.1) is 0 Å². The molecule has 22 heavy (non-hydrogen) atoms. The highest BCUT2D eigenvalue weighted by Crippen LogP contribution is 2.12. The number of nitrogens with two attached hydrogens (primary N) is 3. The molecule has 0 spiro atoms. The van der Waals surface area contributed by atoms with Crippen LogP contribution in [-0.2, 0) is 0 Å². The smallest absolute Gasteiger partial charge is 0.104 e. The SMILES string of the molecule is Cc1ccc(C(N)=S)cc1C.Cc1ccc(C(N)=S)cc1N. The van der Waals surface area contributed by atoms with Crippen LogP contribution in [0.25, 0.3) is 0 Å². The zero-order valence-electron chi connectivity index (χ0n) is 13.0. The molecule has 0 saturated heterocycles. The van der Waals surface area contributed by atoms with E-state index in [2.05, 4.69) is 13.8 Å². The van der Waals surface area contributed by atoms with Crippen LogP contribution in [0.3, 0.4) is 0 Å². The summed E-state index contributed by atoms with van der Waals surface area (Å²) in [6, 6.07) is 11.6. The monoisotopic (exact) mass is 331 g/mol. The average molecular weight is 332 g/mol. The van der Waals surface area contributed by atoms with Crippen molar-refractivity contribution in [1.82, 2.24) is 0 Å². The van der Waals surface area contributed by atoms with Gasteiger partial charge in [0.25, 0.3) is 0 Å². The van der Waals surface area contributed by atoms with Gasteiger partial charge in [0.1, 0.15) is 9.98 Å². The number of anilines is 1. The van der Waals surface area contributed by atoms with E-state index in [0.29, 0.717) is 9.98 Å². The van der Waals surface area contributed by atoms with Crippen LogP contribution in [0.2, 0.25) is 0 Å². The van der Waals surface area contributed by atoms with Crippen LogP contribution in [0.15, 0.2) is 36.4 Å². The van der Waals surface area contributed by atoms with Crippen LogP contribution in [0, 0.1) is 20.8 Å². The van der Waals surface area contributed by atoms with Crippen LogP contribution >= 0.6 is 24.4 Å². The lowest BCUT2D eigenvalue weighted by molar-refractivity contribution is 1.33. The molecular formula is C17H21N3S2. The van der Waals surface area contributed by atoms with Gasteiger partial charge in [0.2, 0.25) is 0 Å².